The van der Waals surface area contributed by atoms with Crippen LogP contribution >= 0.6 is 0 Å². The highest BCUT2D eigenvalue weighted by atomic mass is 16.1. The minimum atomic E-state index is 0.337. The van der Waals surface area contributed by atoms with Crippen LogP contribution in [0.4, 0.5) is 0 Å². The third-order valence-corrected chi connectivity index (χ3v) is 5.81. The molecular weight excluding hydrogens is 282 g/mol. The minimum Gasteiger partial charge on any atom is -0.298 e. The summed E-state index contributed by atoms with van der Waals surface area (Å²) < 4.78 is 0. The van der Waals surface area contributed by atoms with E-state index < -0.39 is 0 Å². The monoisotopic (exact) mass is 305 g/mol. The van der Waals surface area contributed by atoms with Crippen LogP contribution in [0, 0.1) is 5.41 Å². The van der Waals surface area contributed by atoms with Gasteiger partial charge in [-0.3, -0.25) is 9.69 Å². The van der Waals surface area contributed by atoms with Crippen LogP contribution in [0.25, 0.3) is 0 Å². The quantitative estimate of drug-likeness (QED) is 0.797. The van der Waals surface area contributed by atoms with E-state index in [1.54, 1.807) is 0 Å². The Hall–Kier alpha value is -1.93. The summed E-state index contributed by atoms with van der Waals surface area (Å²) in [6.45, 7) is 5.70. The second-order valence-electron chi connectivity index (χ2n) is 7.39. The molecule has 2 heteroatoms. The van der Waals surface area contributed by atoms with Crippen LogP contribution in [-0.2, 0) is 13.0 Å². The molecule has 2 aromatic rings. The third-order valence-electron chi connectivity index (χ3n) is 5.81. The zero-order valence-electron chi connectivity index (χ0n) is 13.7. The highest BCUT2D eigenvalue weighted by Gasteiger charge is 2.46. The first kappa shape index (κ1) is 14.6. The summed E-state index contributed by atoms with van der Waals surface area (Å²) in [7, 11) is 0. The Morgan fingerprint density at radius 2 is 2.00 bits per heavy atom. The van der Waals surface area contributed by atoms with Gasteiger partial charge in [-0.15, -0.1) is 0 Å². The molecule has 23 heavy (non-hydrogen) atoms. The average molecular weight is 305 g/mol. The van der Waals surface area contributed by atoms with Crippen molar-refractivity contribution in [2.45, 2.75) is 32.2 Å². The van der Waals surface area contributed by atoms with Gasteiger partial charge in [-0.05, 0) is 34.9 Å². The topological polar surface area (TPSA) is 20.3 Å². The van der Waals surface area contributed by atoms with Gasteiger partial charge in [0.05, 0.1) is 0 Å². The molecule has 0 saturated carbocycles. The van der Waals surface area contributed by atoms with Crippen molar-refractivity contribution in [3.05, 3.63) is 70.8 Å². The molecular formula is C21H23NO. The first-order chi connectivity index (χ1) is 11.2. The summed E-state index contributed by atoms with van der Waals surface area (Å²) >= 11 is 0. The predicted octanol–water partition coefficient (Wildman–Crippen LogP) is 4.05. The number of carbonyl (C=O) groups is 1. The predicted molar refractivity (Wildman–Crippen MR) is 92.7 cm³/mol. The number of carbonyl (C=O) groups excluding carboxylic acids is 1. The van der Waals surface area contributed by atoms with Crippen LogP contribution in [0.15, 0.2) is 48.5 Å². The fraction of sp³-hybridized carbons (Fsp3) is 0.381. The zero-order chi connectivity index (χ0) is 15.9. The second-order valence-corrected chi connectivity index (χ2v) is 7.39. The molecule has 2 atom stereocenters. The normalized spacial score (nSPS) is 26.6. The summed E-state index contributed by atoms with van der Waals surface area (Å²) in [6, 6.07) is 17.0. The Balaban J connectivity index is 1.63. The maximum absolute atomic E-state index is 11.3. The summed E-state index contributed by atoms with van der Waals surface area (Å²) in [5.41, 5.74) is 5.33. The van der Waals surface area contributed by atoms with Gasteiger partial charge in [0.15, 0.2) is 0 Å². The lowest BCUT2D eigenvalue weighted by molar-refractivity contribution is 0.112. The summed E-state index contributed by atoms with van der Waals surface area (Å²) in [4.78, 5) is 13.9. The van der Waals surface area contributed by atoms with E-state index in [4.69, 9.17) is 0 Å². The van der Waals surface area contributed by atoms with E-state index in [1.807, 2.05) is 12.1 Å². The molecule has 0 unspecified atom stereocenters. The number of rotatable bonds is 3. The molecule has 0 aromatic heterocycles. The van der Waals surface area contributed by atoms with Crippen molar-refractivity contribution in [1.82, 2.24) is 4.90 Å². The van der Waals surface area contributed by atoms with Crippen LogP contribution < -0.4 is 0 Å². The molecule has 0 bridgehead atoms. The molecule has 1 saturated heterocycles. The molecule has 2 nitrogen and oxygen atoms in total. The summed E-state index contributed by atoms with van der Waals surface area (Å²) in [5, 5.41) is 0. The minimum absolute atomic E-state index is 0.337. The van der Waals surface area contributed by atoms with Gasteiger partial charge >= 0.3 is 0 Å². The number of benzene rings is 2. The standard InChI is InChI=1S/C21H23NO/c1-21-11-10-18-17(14-23)8-5-9-19(18)20(21)13-22(15-21)12-16-6-3-2-4-7-16/h2-9,14,20H,10-13,15H2,1H3/t20-,21-/m0/s1. The molecule has 0 N–H and O–H groups in total. The van der Waals surface area contributed by atoms with Crippen LogP contribution in [0.1, 0.15) is 46.3 Å². The molecule has 1 aliphatic carbocycles. The van der Waals surface area contributed by atoms with Crippen LogP contribution in [-0.4, -0.2) is 24.3 Å². The van der Waals surface area contributed by atoms with Crippen LogP contribution in [0.3, 0.4) is 0 Å². The van der Waals surface area contributed by atoms with Crippen molar-refractivity contribution in [1.29, 1.82) is 0 Å². The van der Waals surface area contributed by atoms with E-state index in [-0.39, 0.29) is 0 Å². The highest BCUT2D eigenvalue weighted by molar-refractivity contribution is 5.78. The zero-order valence-corrected chi connectivity index (χ0v) is 13.7. The Labute approximate surface area is 138 Å². The molecule has 1 aliphatic heterocycles. The van der Waals surface area contributed by atoms with E-state index in [0.717, 1.165) is 37.9 Å². The van der Waals surface area contributed by atoms with E-state index in [9.17, 15) is 4.79 Å². The number of aldehydes is 1. The molecule has 0 spiro atoms. The van der Waals surface area contributed by atoms with Gasteiger partial charge < -0.3 is 0 Å². The van der Waals surface area contributed by atoms with Gasteiger partial charge in [0.1, 0.15) is 6.29 Å². The third kappa shape index (κ3) is 2.51. The maximum Gasteiger partial charge on any atom is 0.150 e. The number of likely N-dealkylation sites (tertiary alicyclic amines) is 1. The van der Waals surface area contributed by atoms with E-state index in [1.165, 1.54) is 23.1 Å². The van der Waals surface area contributed by atoms with Crippen molar-refractivity contribution in [2.24, 2.45) is 5.41 Å². The molecule has 2 aliphatic rings. The van der Waals surface area contributed by atoms with E-state index >= 15 is 0 Å². The fourth-order valence-corrected chi connectivity index (χ4v) is 4.61. The van der Waals surface area contributed by atoms with Crippen molar-refractivity contribution >= 4 is 6.29 Å². The molecule has 4 rings (SSSR count). The van der Waals surface area contributed by atoms with Crippen molar-refractivity contribution in [2.75, 3.05) is 13.1 Å². The first-order valence-electron chi connectivity index (χ1n) is 8.53. The Morgan fingerprint density at radius 3 is 2.78 bits per heavy atom. The van der Waals surface area contributed by atoms with Crippen LogP contribution in [0.5, 0.6) is 0 Å². The SMILES string of the molecule is C[C@@]12CCc3c(C=O)cccc3[C@@H]1CN(Cc1ccccc1)C2. The Kier molecular flexibility index (Phi) is 3.57. The Bertz CT molecular complexity index is 724. The number of fused-ring (bicyclic) bond motifs is 3. The van der Waals surface area contributed by atoms with Gasteiger partial charge in [0, 0.05) is 31.1 Å². The second kappa shape index (κ2) is 5.61. The molecule has 118 valence electrons. The largest absolute Gasteiger partial charge is 0.298 e. The molecule has 0 radical (unpaired) electrons. The molecule has 1 heterocycles. The van der Waals surface area contributed by atoms with Gasteiger partial charge in [0.2, 0.25) is 0 Å². The fourth-order valence-electron chi connectivity index (χ4n) is 4.61. The molecule has 2 aromatic carbocycles. The van der Waals surface area contributed by atoms with Crippen molar-refractivity contribution in [3.8, 4) is 0 Å². The summed E-state index contributed by atoms with van der Waals surface area (Å²) in [6.07, 6.45) is 3.25. The van der Waals surface area contributed by atoms with Crippen LogP contribution in [0.2, 0.25) is 0 Å². The van der Waals surface area contributed by atoms with Crippen molar-refractivity contribution < 1.29 is 4.79 Å². The lowest BCUT2D eigenvalue weighted by atomic mass is 9.66. The Morgan fingerprint density at radius 1 is 1.17 bits per heavy atom. The van der Waals surface area contributed by atoms with E-state index in [0.29, 0.717) is 11.3 Å². The number of hydrogen-bond donors (Lipinski definition) is 0. The van der Waals surface area contributed by atoms with Gasteiger partial charge in [-0.1, -0.05) is 55.5 Å². The average Bonchev–Trinajstić information content (AvgIpc) is 2.91. The van der Waals surface area contributed by atoms with Gasteiger partial charge in [0.25, 0.3) is 0 Å². The summed E-state index contributed by atoms with van der Waals surface area (Å²) in [5.74, 6) is 0.551. The molecule has 1 fully saturated rings. The smallest absolute Gasteiger partial charge is 0.150 e. The first-order valence-corrected chi connectivity index (χ1v) is 8.53. The lowest BCUT2D eigenvalue weighted by Crippen LogP contribution is -2.31. The maximum atomic E-state index is 11.3. The number of hydrogen-bond acceptors (Lipinski definition) is 2. The van der Waals surface area contributed by atoms with E-state index in [2.05, 4.69) is 48.2 Å². The van der Waals surface area contributed by atoms with Gasteiger partial charge in [-0.2, -0.15) is 0 Å². The lowest BCUT2D eigenvalue weighted by Gasteiger charge is -2.37. The highest BCUT2D eigenvalue weighted by Crippen LogP contribution is 2.50. The number of nitrogens with zero attached hydrogens (tertiary/aromatic N) is 1. The molecule has 0 amide bonds. The van der Waals surface area contributed by atoms with Crippen molar-refractivity contribution in [3.63, 3.8) is 0 Å². The van der Waals surface area contributed by atoms with Gasteiger partial charge in [-0.25, -0.2) is 0 Å².